The van der Waals surface area contributed by atoms with Gasteiger partial charge in [-0.1, -0.05) is 311 Å². The number of aliphatic hydroxyl groups is 1. The summed E-state index contributed by atoms with van der Waals surface area (Å²) in [6, 6.07) is 0. The van der Waals surface area contributed by atoms with Gasteiger partial charge in [0.05, 0.1) is 26.4 Å². The summed E-state index contributed by atoms with van der Waals surface area (Å²) < 4.78 is 68.2. The monoisotopic (exact) mass is 1320 g/mol. The molecule has 0 amide bonds. The van der Waals surface area contributed by atoms with Gasteiger partial charge in [-0.3, -0.25) is 37.3 Å². The number of ether oxygens (including phenoxy) is 4. The topological polar surface area (TPSA) is 237 Å². The average molecular weight is 1330 g/mol. The number of hydrogen-bond acceptors (Lipinski definition) is 15. The van der Waals surface area contributed by atoms with Crippen LogP contribution >= 0.6 is 15.6 Å². The molecule has 0 aromatic heterocycles. The predicted octanol–water partition coefficient (Wildman–Crippen LogP) is 20.4. The number of carbonyl (C=O) groups excluding carboxylic acids is 4. The van der Waals surface area contributed by atoms with E-state index in [1.54, 1.807) is 0 Å². The van der Waals surface area contributed by atoms with Crippen molar-refractivity contribution in [2.75, 3.05) is 39.6 Å². The third kappa shape index (κ3) is 64.8. The molecule has 0 radical (unpaired) electrons. The van der Waals surface area contributed by atoms with Crippen molar-refractivity contribution in [3.05, 3.63) is 0 Å². The molecule has 0 saturated carbocycles. The Morgan fingerprint density at radius 1 is 0.300 bits per heavy atom. The van der Waals surface area contributed by atoms with E-state index in [4.69, 9.17) is 37.0 Å². The lowest BCUT2D eigenvalue weighted by molar-refractivity contribution is -0.161. The van der Waals surface area contributed by atoms with Crippen LogP contribution in [-0.2, 0) is 65.4 Å². The normalized spacial score (nSPS) is 14.1. The molecule has 5 atom stereocenters. The van der Waals surface area contributed by atoms with Gasteiger partial charge >= 0.3 is 39.5 Å². The zero-order valence-electron chi connectivity index (χ0n) is 58.4. The van der Waals surface area contributed by atoms with Gasteiger partial charge in [-0.15, -0.1) is 0 Å². The van der Waals surface area contributed by atoms with Gasteiger partial charge in [0.1, 0.15) is 19.3 Å². The number of phosphoric ester groups is 2. The van der Waals surface area contributed by atoms with Gasteiger partial charge < -0.3 is 33.8 Å². The number of rotatable bonds is 70. The number of aliphatic hydroxyl groups excluding tert-OH is 1. The first-order chi connectivity index (χ1) is 43.4. The highest BCUT2D eigenvalue weighted by molar-refractivity contribution is 7.47. The minimum absolute atomic E-state index is 0.106. The van der Waals surface area contributed by atoms with Crippen LogP contribution in [0.15, 0.2) is 0 Å². The summed E-state index contributed by atoms with van der Waals surface area (Å²) in [4.78, 5) is 72.5. The van der Waals surface area contributed by atoms with Gasteiger partial charge in [-0.05, 0) is 37.5 Å². The summed E-state index contributed by atoms with van der Waals surface area (Å²) in [6.07, 6.45) is 48.6. The minimum atomic E-state index is -4.95. The van der Waals surface area contributed by atoms with Crippen LogP contribution in [0.2, 0.25) is 0 Å². The second kappa shape index (κ2) is 63.1. The fourth-order valence-corrected chi connectivity index (χ4v) is 12.3. The van der Waals surface area contributed by atoms with Gasteiger partial charge in [-0.2, -0.15) is 0 Å². The van der Waals surface area contributed by atoms with Gasteiger partial charge in [0.15, 0.2) is 12.2 Å². The molecule has 0 aliphatic carbocycles. The Morgan fingerprint density at radius 2 is 0.511 bits per heavy atom. The molecule has 90 heavy (non-hydrogen) atoms. The van der Waals surface area contributed by atoms with Crippen LogP contribution in [0.25, 0.3) is 0 Å². The third-order valence-electron chi connectivity index (χ3n) is 16.5. The lowest BCUT2D eigenvalue weighted by Gasteiger charge is -2.21. The highest BCUT2D eigenvalue weighted by atomic mass is 31.2. The standard InChI is InChI=1S/C71H138O17P2/c1-7-9-11-13-15-17-30-37-43-49-55-70(75)87-66(59-81-68(73)53-47-41-35-16-14-12-10-8-2)61-85-89(77,78)83-57-65(72)58-84-90(79,80)86-62-67(60-82-69(74)54-48-42-36-31-27-23-25-29-34-40-46-52-64(5)6)88-71(76)56-50-44-38-32-26-22-20-18-19-21-24-28-33-39-45-51-63(3)4/h63-67,72H,7-62H2,1-6H3,(H,77,78)(H,79,80)/t65-,66+,67+/m0/s1. The number of unbranched alkanes of at least 4 members (excludes halogenated alkanes) is 40. The molecule has 0 heterocycles. The Balaban J connectivity index is 5.20. The fraction of sp³-hybridized carbons (Fsp3) is 0.944. The molecule has 0 aromatic rings. The maximum Gasteiger partial charge on any atom is 0.472 e. The van der Waals surface area contributed by atoms with Gasteiger partial charge in [0, 0.05) is 25.7 Å². The molecule has 0 spiro atoms. The first kappa shape index (κ1) is 88.1. The predicted molar refractivity (Wildman–Crippen MR) is 363 cm³/mol. The van der Waals surface area contributed by atoms with E-state index < -0.39 is 97.5 Å². The van der Waals surface area contributed by atoms with E-state index in [1.165, 1.54) is 173 Å². The molecule has 0 aromatic carbocycles. The van der Waals surface area contributed by atoms with Crippen LogP contribution in [0, 0.1) is 11.8 Å². The van der Waals surface area contributed by atoms with E-state index >= 15 is 0 Å². The smallest absolute Gasteiger partial charge is 0.462 e. The molecule has 17 nitrogen and oxygen atoms in total. The number of hydrogen-bond donors (Lipinski definition) is 3. The lowest BCUT2D eigenvalue weighted by atomic mass is 10.0. The molecule has 0 saturated heterocycles. The van der Waals surface area contributed by atoms with Crippen LogP contribution in [-0.4, -0.2) is 96.7 Å². The molecule has 0 aliphatic rings. The Hall–Kier alpha value is -1.94. The molecule has 19 heteroatoms. The Morgan fingerprint density at radius 3 is 0.756 bits per heavy atom. The van der Waals surface area contributed by atoms with Crippen LogP contribution < -0.4 is 0 Å². The summed E-state index contributed by atoms with van der Waals surface area (Å²) in [7, 11) is -9.90. The summed E-state index contributed by atoms with van der Waals surface area (Å²) in [5.74, 6) is -0.551. The Labute approximate surface area is 549 Å². The Bertz CT molecular complexity index is 1750. The van der Waals surface area contributed by atoms with E-state index in [-0.39, 0.29) is 25.7 Å². The van der Waals surface area contributed by atoms with Crippen molar-refractivity contribution in [1.29, 1.82) is 0 Å². The van der Waals surface area contributed by atoms with Crippen molar-refractivity contribution in [3.8, 4) is 0 Å². The number of carbonyl (C=O) groups is 4. The van der Waals surface area contributed by atoms with Crippen molar-refractivity contribution >= 4 is 39.5 Å². The summed E-state index contributed by atoms with van der Waals surface area (Å²) in [5.41, 5.74) is 0. The lowest BCUT2D eigenvalue weighted by Crippen LogP contribution is -2.30. The largest absolute Gasteiger partial charge is 0.472 e. The molecule has 0 aliphatic heterocycles. The molecule has 0 fully saturated rings. The van der Waals surface area contributed by atoms with E-state index in [1.807, 2.05) is 0 Å². The van der Waals surface area contributed by atoms with E-state index in [0.717, 1.165) is 108 Å². The van der Waals surface area contributed by atoms with Crippen molar-refractivity contribution < 1.29 is 80.2 Å². The van der Waals surface area contributed by atoms with Gasteiger partial charge in [0.2, 0.25) is 0 Å². The molecule has 3 N–H and O–H groups in total. The molecule has 534 valence electrons. The second-order valence-electron chi connectivity index (χ2n) is 26.6. The SMILES string of the molecule is CCCCCCCCCCCCC(=O)O[C@H](COC(=O)CCCCCCCCCC)COP(=O)(O)OC[C@H](O)COP(=O)(O)OC[C@@H](COC(=O)CCCCCCCCCCCCCC(C)C)OC(=O)CCCCCCCCCCCCCCCCCC(C)C. The first-order valence-electron chi connectivity index (χ1n) is 37.0. The average Bonchev–Trinajstić information content (AvgIpc) is 2.31. The number of esters is 4. The van der Waals surface area contributed by atoms with Crippen molar-refractivity contribution in [2.24, 2.45) is 11.8 Å². The van der Waals surface area contributed by atoms with E-state index in [9.17, 15) is 43.2 Å². The highest BCUT2D eigenvalue weighted by Crippen LogP contribution is 2.45. The van der Waals surface area contributed by atoms with Crippen molar-refractivity contribution in [3.63, 3.8) is 0 Å². The van der Waals surface area contributed by atoms with Crippen LogP contribution in [0.4, 0.5) is 0 Å². The molecule has 2 unspecified atom stereocenters. The zero-order valence-corrected chi connectivity index (χ0v) is 60.2. The van der Waals surface area contributed by atoms with Crippen molar-refractivity contribution in [1.82, 2.24) is 0 Å². The summed E-state index contributed by atoms with van der Waals surface area (Å²) in [6.45, 7) is 9.55. The quantitative estimate of drug-likeness (QED) is 0.0222. The fourth-order valence-electron chi connectivity index (χ4n) is 10.8. The maximum absolute atomic E-state index is 13.0. The second-order valence-corrected chi connectivity index (χ2v) is 29.5. The molecule has 0 rings (SSSR count). The molecular weight excluding hydrogens is 1190 g/mol. The van der Waals surface area contributed by atoms with Crippen LogP contribution in [0.3, 0.4) is 0 Å². The first-order valence-corrected chi connectivity index (χ1v) is 40.0. The van der Waals surface area contributed by atoms with Crippen molar-refractivity contribution in [2.45, 2.75) is 381 Å². The van der Waals surface area contributed by atoms with Crippen LogP contribution in [0.1, 0.15) is 363 Å². The van der Waals surface area contributed by atoms with E-state index in [2.05, 4.69) is 41.5 Å². The summed E-state index contributed by atoms with van der Waals surface area (Å²) in [5, 5.41) is 10.6. The summed E-state index contributed by atoms with van der Waals surface area (Å²) >= 11 is 0. The Kier molecular flexibility index (Phi) is 61.8. The van der Waals surface area contributed by atoms with Gasteiger partial charge in [-0.25, -0.2) is 9.13 Å². The third-order valence-corrected chi connectivity index (χ3v) is 18.4. The molecular formula is C71H138O17P2. The van der Waals surface area contributed by atoms with Crippen LogP contribution in [0.5, 0.6) is 0 Å². The zero-order chi connectivity index (χ0) is 66.5. The minimum Gasteiger partial charge on any atom is -0.462 e. The van der Waals surface area contributed by atoms with E-state index in [0.29, 0.717) is 25.7 Å². The number of phosphoric acid groups is 2. The molecule has 0 bridgehead atoms. The van der Waals surface area contributed by atoms with Gasteiger partial charge in [0.25, 0.3) is 0 Å². The highest BCUT2D eigenvalue weighted by Gasteiger charge is 2.30. The maximum atomic E-state index is 13.0.